The summed E-state index contributed by atoms with van der Waals surface area (Å²) in [5.41, 5.74) is 2.14. The van der Waals surface area contributed by atoms with Gasteiger partial charge in [0.25, 0.3) is 0 Å². The summed E-state index contributed by atoms with van der Waals surface area (Å²) in [4.78, 5) is 26.0. The quantitative estimate of drug-likeness (QED) is 0.698. The van der Waals surface area contributed by atoms with E-state index < -0.39 is 0 Å². The van der Waals surface area contributed by atoms with Crippen molar-refractivity contribution in [2.45, 2.75) is 32.1 Å². The van der Waals surface area contributed by atoms with Gasteiger partial charge < -0.3 is 15.4 Å². The Kier molecular flexibility index (Phi) is 7.25. The molecule has 4 rings (SSSR count). The van der Waals surface area contributed by atoms with Crippen LogP contribution in [-0.4, -0.2) is 53.6 Å². The van der Waals surface area contributed by atoms with Crippen molar-refractivity contribution in [1.29, 1.82) is 0 Å². The first-order valence-electron chi connectivity index (χ1n) is 10.7. The minimum atomic E-state index is 0.0668. The number of anilines is 1. The van der Waals surface area contributed by atoms with Crippen LogP contribution < -0.4 is 10.6 Å². The molecule has 8 heteroatoms. The van der Waals surface area contributed by atoms with Crippen molar-refractivity contribution in [2.24, 2.45) is 11.8 Å². The third-order valence-corrected chi connectivity index (χ3v) is 6.14. The molecular formula is C22H28ClN5O2. The van der Waals surface area contributed by atoms with Crippen molar-refractivity contribution < 1.29 is 9.53 Å². The van der Waals surface area contributed by atoms with Gasteiger partial charge in [0.1, 0.15) is 11.6 Å². The highest BCUT2D eigenvalue weighted by atomic mass is 35.5. The monoisotopic (exact) mass is 429 g/mol. The number of nitrogens with zero attached hydrogens (tertiary/aromatic N) is 3. The standard InChI is InChI=1S/C22H28ClN5O2/c23-19-12-26-17(9-21(29)16-2-1-5-24-11-16)8-18(19)20-13-25-14-22(28-20)27-10-15-3-6-30-7-4-15/h8,12-16,24H,1-7,9-11H2,(H,27,28)/t16-/m0/s1. The summed E-state index contributed by atoms with van der Waals surface area (Å²) in [5, 5.41) is 7.18. The molecule has 160 valence electrons. The average Bonchev–Trinajstić information content (AvgIpc) is 2.80. The van der Waals surface area contributed by atoms with Crippen molar-refractivity contribution >= 4 is 23.2 Å². The molecule has 0 unspecified atom stereocenters. The van der Waals surface area contributed by atoms with Crippen LogP contribution in [-0.2, 0) is 16.0 Å². The predicted molar refractivity (Wildman–Crippen MR) is 117 cm³/mol. The molecular weight excluding hydrogens is 402 g/mol. The van der Waals surface area contributed by atoms with E-state index in [4.69, 9.17) is 16.3 Å². The maximum atomic E-state index is 12.6. The second-order valence-corrected chi connectivity index (χ2v) is 8.48. The van der Waals surface area contributed by atoms with Gasteiger partial charge in [-0.3, -0.25) is 14.8 Å². The Balaban J connectivity index is 1.45. The molecule has 0 saturated carbocycles. The van der Waals surface area contributed by atoms with Gasteiger partial charge in [-0.25, -0.2) is 4.98 Å². The molecule has 2 saturated heterocycles. The first-order chi connectivity index (χ1) is 14.7. The Morgan fingerprint density at radius 3 is 2.90 bits per heavy atom. The molecule has 0 aromatic carbocycles. The molecule has 1 atom stereocenters. The largest absolute Gasteiger partial charge is 0.381 e. The second kappa shape index (κ2) is 10.3. The van der Waals surface area contributed by atoms with Crippen LogP contribution in [0.1, 0.15) is 31.4 Å². The summed E-state index contributed by atoms with van der Waals surface area (Å²) in [6.07, 6.45) is 9.43. The zero-order valence-corrected chi connectivity index (χ0v) is 17.8. The lowest BCUT2D eigenvalue weighted by Crippen LogP contribution is -2.35. The van der Waals surface area contributed by atoms with Gasteiger partial charge in [0, 0.05) is 56.1 Å². The van der Waals surface area contributed by atoms with Crippen molar-refractivity contribution in [3.63, 3.8) is 0 Å². The van der Waals surface area contributed by atoms with E-state index in [0.717, 1.165) is 69.9 Å². The lowest BCUT2D eigenvalue weighted by atomic mass is 9.92. The van der Waals surface area contributed by atoms with E-state index >= 15 is 0 Å². The Hall–Kier alpha value is -2.09. The number of hydrogen-bond acceptors (Lipinski definition) is 7. The molecule has 7 nitrogen and oxygen atoms in total. The number of aromatic nitrogens is 3. The van der Waals surface area contributed by atoms with Gasteiger partial charge in [-0.2, -0.15) is 0 Å². The van der Waals surface area contributed by atoms with Gasteiger partial charge in [0.05, 0.1) is 23.1 Å². The Bertz CT molecular complexity index is 866. The number of hydrogen-bond donors (Lipinski definition) is 2. The molecule has 2 aliphatic heterocycles. The van der Waals surface area contributed by atoms with Gasteiger partial charge in [-0.05, 0) is 44.2 Å². The average molecular weight is 430 g/mol. The van der Waals surface area contributed by atoms with Crippen LogP contribution in [0.4, 0.5) is 5.82 Å². The maximum Gasteiger partial charge on any atom is 0.145 e. The number of pyridine rings is 1. The Labute approximate surface area is 182 Å². The van der Waals surface area contributed by atoms with Gasteiger partial charge in [-0.15, -0.1) is 0 Å². The third-order valence-electron chi connectivity index (χ3n) is 5.84. The topological polar surface area (TPSA) is 89.0 Å². The van der Waals surface area contributed by atoms with Gasteiger partial charge in [0.2, 0.25) is 0 Å². The van der Waals surface area contributed by atoms with Crippen molar-refractivity contribution in [3.05, 3.63) is 35.4 Å². The van der Waals surface area contributed by atoms with E-state index in [1.54, 1.807) is 18.6 Å². The zero-order valence-electron chi connectivity index (χ0n) is 17.1. The minimum absolute atomic E-state index is 0.0668. The van der Waals surface area contributed by atoms with E-state index in [9.17, 15) is 4.79 Å². The lowest BCUT2D eigenvalue weighted by molar-refractivity contribution is -0.122. The summed E-state index contributed by atoms with van der Waals surface area (Å²) >= 11 is 6.41. The lowest BCUT2D eigenvalue weighted by Gasteiger charge is -2.22. The second-order valence-electron chi connectivity index (χ2n) is 8.07. The van der Waals surface area contributed by atoms with Gasteiger partial charge in [-0.1, -0.05) is 11.6 Å². The molecule has 2 fully saturated rings. The fourth-order valence-corrected chi connectivity index (χ4v) is 4.20. The summed E-state index contributed by atoms with van der Waals surface area (Å²) < 4.78 is 5.42. The summed E-state index contributed by atoms with van der Waals surface area (Å²) in [6, 6.07) is 1.86. The molecule has 2 N–H and O–H groups in total. The van der Waals surface area contributed by atoms with E-state index in [-0.39, 0.29) is 11.7 Å². The molecule has 2 aromatic rings. The SMILES string of the molecule is O=C(Cc1cc(-c2cncc(NCC3CCOCC3)n2)c(Cl)cn1)[C@H]1CCCNC1. The van der Waals surface area contributed by atoms with Crippen molar-refractivity contribution in [2.75, 3.05) is 38.2 Å². The van der Waals surface area contributed by atoms with E-state index in [1.165, 1.54) is 0 Å². The number of ether oxygens (including phenoxy) is 1. The molecule has 2 aromatic heterocycles. The molecule has 0 aliphatic carbocycles. The van der Waals surface area contributed by atoms with Crippen molar-refractivity contribution in [3.8, 4) is 11.3 Å². The van der Waals surface area contributed by atoms with Crippen LogP contribution >= 0.6 is 11.6 Å². The molecule has 2 aliphatic rings. The molecule has 30 heavy (non-hydrogen) atoms. The normalized spacial score (nSPS) is 20.1. The smallest absolute Gasteiger partial charge is 0.145 e. The van der Waals surface area contributed by atoms with Gasteiger partial charge >= 0.3 is 0 Å². The molecule has 0 spiro atoms. The molecule has 4 heterocycles. The van der Waals surface area contributed by atoms with Crippen LogP contribution in [0.3, 0.4) is 0 Å². The Morgan fingerprint density at radius 2 is 2.10 bits per heavy atom. The number of halogens is 1. The molecule has 0 bridgehead atoms. The molecule has 0 radical (unpaired) electrons. The van der Waals surface area contributed by atoms with E-state index in [1.807, 2.05) is 6.07 Å². The van der Waals surface area contributed by atoms with Crippen LogP contribution in [0, 0.1) is 11.8 Å². The summed E-state index contributed by atoms with van der Waals surface area (Å²) in [5.74, 6) is 1.59. The summed E-state index contributed by atoms with van der Waals surface area (Å²) in [7, 11) is 0. The van der Waals surface area contributed by atoms with Crippen LogP contribution in [0.2, 0.25) is 5.02 Å². The van der Waals surface area contributed by atoms with E-state index in [0.29, 0.717) is 28.7 Å². The van der Waals surface area contributed by atoms with Gasteiger partial charge in [0.15, 0.2) is 0 Å². The number of ketones is 1. The number of carbonyl (C=O) groups is 1. The highest BCUT2D eigenvalue weighted by Crippen LogP contribution is 2.27. The number of nitrogens with one attached hydrogen (secondary N) is 2. The van der Waals surface area contributed by atoms with Crippen molar-refractivity contribution in [1.82, 2.24) is 20.3 Å². The fraction of sp³-hybridized carbons (Fsp3) is 0.545. The predicted octanol–water partition coefficient (Wildman–Crippen LogP) is 3.14. The van der Waals surface area contributed by atoms with Crippen LogP contribution in [0.25, 0.3) is 11.3 Å². The zero-order chi connectivity index (χ0) is 20.8. The minimum Gasteiger partial charge on any atom is -0.381 e. The molecule has 0 amide bonds. The van der Waals surface area contributed by atoms with E-state index in [2.05, 4.69) is 25.6 Å². The summed E-state index contributed by atoms with van der Waals surface area (Å²) in [6.45, 7) is 4.24. The first kappa shape index (κ1) is 21.2. The Morgan fingerprint density at radius 1 is 1.23 bits per heavy atom. The highest BCUT2D eigenvalue weighted by Gasteiger charge is 2.22. The third kappa shape index (κ3) is 5.53. The fourth-order valence-electron chi connectivity index (χ4n) is 4.00. The van der Waals surface area contributed by atoms with Crippen LogP contribution in [0.15, 0.2) is 24.7 Å². The van der Waals surface area contributed by atoms with Crippen LogP contribution in [0.5, 0.6) is 0 Å². The number of Topliss-reactive ketones (excluding diaryl/α,β-unsaturated/α-hetero) is 1. The maximum absolute atomic E-state index is 12.6. The highest BCUT2D eigenvalue weighted by molar-refractivity contribution is 6.33. The number of carbonyl (C=O) groups excluding carboxylic acids is 1. The number of rotatable bonds is 7. The first-order valence-corrected chi connectivity index (χ1v) is 11.1. The number of piperidine rings is 1.